The lowest BCUT2D eigenvalue weighted by Gasteiger charge is -2.13. The fraction of sp³-hybridized carbons (Fsp3) is 0.167. The number of pyridine rings is 1. The first-order chi connectivity index (χ1) is 14.7. The van der Waals surface area contributed by atoms with E-state index in [-0.39, 0.29) is 0 Å². The molecule has 0 atom stereocenters. The van der Waals surface area contributed by atoms with Crippen LogP contribution in [0.25, 0.3) is 22.3 Å². The van der Waals surface area contributed by atoms with Crippen molar-refractivity contribution >= 4 is 34.3 Å². The molecule has 6 heteroatoms. The van der Waals surface area contributed by atoms with Gasteiger partial charge in [-0.15, -0.1) is 0 Å². The van der Waals surface area contributed by atoms with Gasteiger partial charge in [-0.25, -0.2) is 9.97 Å². The van der Waals surface area contributed by atoms with Crippen LogP contribution in [0.3, 0.4) is 0 Å². The Bertz CT molecular complexity index is 1210. The van der Waals surface area contributed by atoms with Gasteiger partial charge >= 0.3 is 0 Å². The Hall–Kier alpha value is -3.80. The highest BCUT2D eigenvalue weighted by Crippen LogP contribution is 2.31. The number of hydrogen-bond acceptors (Lipinski definition) is 6. The van der Waals surface area contributed by atoms with E-state index in [0.717, 1.165) is 45.6 Å². The number of aromatic nitrogens is 3. The van der Waals surface area contributed by atoms with Gasteiger partial charge in [0.15, 0.2) is 5.82 Å². The highest BCUT2D eigenvalue weighted by molar-refractivity contribution is 5.93. The molecule has 0 amide bonds. The summed E-state index contributed by atoms with van der Waals surface area (Å²) in [5, 5.41) is 4.33. The van der Waals surface area contributed by atoms with Crippen molar-refractivity contribution in [3.05, 3.63) is 66.5 Å². The number of fused-ring (bicyclic) bond motifs is 1. The first-order valence-corrected chi connectivity index (χ1v) is 9.84. The van der Waals surface area contributed by atoms with E-state index in [1.54, 1.807) is 19.5 Å². The van der Waals surface area contributed by atoms with Gasteiger partial charge in [0.05, 0.1) is 18.3 Å². The van der Waals surface area contributed by atoms with Gasteiger partial charge in [0.1, 0.15) is 11.6 Å². The number of methoxy groups -OCH3 is 1. The van der Waals surface area contributed by atoms with E-state index < -0.39 is 0 Å². The van der Waals surface area contributed by atoms with Crippen LogP contribution in [0.5, 0.6) is 5.75 Å². The average Bonchev–Trinajstić information content (AvgIpc) is 2.79. The van der Waals surface area contributed by atoms with Crippen molar-refractivity contribution in [1.82, 2.24) is 15.0 Å². The van der Waals surface area contributed by atoms with Crippen LogP contribution >= 0.6 is 0 Å². The molecule has 0 aliphatic rings. The average molecular weight is 397 g/mol. The molecule has 0 aliphatic carbocycles. The van der Waals surface area contributed by atoms with Crippen LogP contribution in [0, 0.1) is 6.92 Å². The highest BCUT2D eigenvalue weighted by Gasteiger charge is 2.12. The van der Waals surface area contributed by atoms with Crippen LogP contribution in [-0.4, -0.2) is 28.3 Å². The normalized spacial score (nSPS) is 11.2. The Morgan fingerprint density at radius 2 is 2.00 bits per heavy atom. The molecular weight excluding hydrogens is 374 g/mol. The van der Waals surface area contributed by atoms with Crippen molar-refractivity contribution in [2.45, 2.75) is 20.3 Å². The molecule has 0 radical (unpaired) electrons. The highest BCUT2D eigenvalue weighted by atomic mass is 16.5. The molecule has 0 saturated heterocycles. The van der Waals surface area contributed by atoms with E-state index in [1.807, 2.05) is 48.7 Å². The van der Waals surface area contributed by atoms with Crippen LogP contribution in [0.4, 0.5) is 17.2 Å². The molecule has 0 spiro atoms. The summed E-state index contributed by atoms with van der Waals surface area (Å²) in [5.41, 5.74) is 4.64. The molecule has 0 bridgehead atoms. The number of nitrogens with zero attached hydrogens (tertiary/aromatic N) is 4. The molecule has 0 fully saturated rings. The molecule has 0 saturated carbocycles. The third kappa shape index (κ3) is 4.12. The van der Waals surface area contributed by atoms with Crippen LogP contribution < -0.4 is 10.1 Å². The van der Waals surface area contributed by atoms with Crippen LogP contribution in [-0.2, 0) is 0 Å². The van der Waals surface area contributed by atoms with E-state index in [9.17, 15) is 0 Å². The summed E-state index contributed by atoms with van der Waals surface area (Å²) in [6.45, 7) is 4.12. The zero-order valence-electron chi connectivity index (χ0n) is 17.3. The van der Waals surface area contributed by atoms with Crippen molar-refractivity contribution in [2.75, 3.05) is 12.4 Å². The van der Waals surface area contributed by atoms with Crippen molar-refractivity contribution in [2.24, 2.45) is 4.99 Å². The van der Waals surface area contributed by atoms with Gasteiger partial charge in [-0.1, -0.05) is 13.0 Å². The fourth-order valence-corrected chi connectivity index (χ4v) is 3.11. The predicted octanol–water partition coefficient (Wildman–Crippen LogP) is 5.86. The molecular formula is C24H23N5O. The Morgan fingerprint density at radius 1 is 1.10 bits per heavy atom. The van der Waals surface area contributed by atoms with Gasteiger partial charge < -0.3 is 10.1 Å². The van der Waals surface area contributed by atoms with Crippen LogP contribution in [0.15, 0.2) is 65.9 Å². The fourth-order valence-electron chi connectivity index (χ4n) is 3.11. The zero-order valence-corrected chi connectivity index (χ0v) is 17.3. The summed E-state index contributed by atoms with van der Waals surface area (Å²) in [5.74, 6) is 2.06. The molecule has 4 aromatic rings. The minimum Gasteiger partial charge on any atom is -0.497 e. The maximum Gasteiger partial charge on any atom is 0.163 e. The summed E-state index contributed by atoms with van der Waals surface area (Å²) in [7, 11) is 1.65. The Morgan fingerprint density at radius 3 is 2.77 bits per heavy atom. The molecule has 2 heterocycles. The Balaban J connectivity index is 1.83. The van der Waals surface area contributed by atoms with Crippen molar-refractivity contribution in [3.8, 4) is 17.1 Å². The SMILES string of the molecule is CCC=Nc1cc(Nc2nc(-c3cccnc3)nc3ccc(OC)cc23)ccc1C. The lowest BCUT2D eigenvalue weighted by Crippen LogP contribution is -2.00. The second-order valence-electron chi connectivity index (χ2n) is 6.87. The van der Waals surface area contributed by atoms with Gasteiger partial charge in [-0.2, -0.15) is 0 Å². The number of benzene rings is 2. The maximum atomic E-state index is 5.41. The van der Waals surface area contributed by atoms with Gasteiger partial charge in [-0.3, -0.25) is 9.98 Å². The lowest BCUT2D eigenvalue weighted by atomic mass is 10.1. The summed E-state index contributed by atoms with van der Waals surface area (Å²) in [4.78, 5) is 18.3. The number of aryl methyl sites for hydroxylation is 1. The molecule has 0 aliphatic heterocycles. The topological polar surface area (TPSA) is 72.3 Å². The molecule has 4 rings (SSSR count). The van der Waals surface area contributed by atoms with Gasteiger partial charge in [0, 0.05) is 35.2 Å². The maximum absolute atomic E-state index is 5.41. The molecule has 30 heavy (non-hydrogen) atoms. The smallest absolute Gasteiger partial charge is 0.163 e. The summed E-state index contributed by atoms with van der Waals surface area (Å²) in [6, 6.07) is 15.7. The van der Waals surface area contributed by atoms with Crippen molar-refractivity contribution in [3.63, 3.8) is 0 Å². The lowest BCUT2D eigenvalue weighted by molar-refractivity contribution is 0.415. The molecule has 2 aromatic carbocycles. The largest absolute Gasteiger partial charge is 0.497 e. The molecule has 0 unspecified atom stereocenters. The van der Waals surface area contributed by atoms with Crippen molar-refractivity contribution in [1.29, 1.82) is 0 Å². The van der Waals surface area contributed by atoms with E-state index in [1.165, 1.54) is 0 Å². The third-order valence-electron chi connectivity index (χ3n) is 4.71. The van der Waals surface area contributed by atoms with Crippen LogP contribution in [0.2, 0.25) is 0 Å². The second-order valence-corrected chi connectivity index (χ2v) is 6.87. The zero-order chi connectivity index (χ0) is 20.9. The quantitative estimate of drug-likeness (QED) is 0.412. The molecule has 1 N–H and O–H groups in total. The Kier molecular flexibility index (Phi) is 5.66. The second kappa shape index (κ2) is 8.69. The van der Waals surface area contributed by atoms with Gasteiger partial charge in [0.2, 0.25) is 0 Å². The van der Waals surface area contributed by atoms with E-state index in [0.29, 0.717) is 11.6 Å². The molecule has 150 valence electrons. The molecule has 2 aromatic heterocycles. The first-order valence-electron chi connectivity index (χ1n) is 9.84. The van der Waals surface area contributed by atoms with Crippen molar-refractivity contribution < 1.29 is 4.74 Å². The third-order valence-corrected chi connectivity index (χ3v) is 4.71. The summed E-state index contributed by atoms with van der Waals surface area (Å²) >= 11 is 0. The molecule has 6 nitrogen and oxygen atoms in total. The predicted molar refractivity (Wildman–Crippen MR) is 122 cm³/mol. The van der Waals surface area contributed by atoms with Gasteiger partial charge in [0.25, 0.3) is 0 Å². The van der Waals surface area contributed by atoms with E-state index >= 15 is 0 Å². The van der Waals surface area contributed by atoms with Crippen LogP contribution in [0.1, 0.15) is 18.9 Å². The number of ether oxygens (including phenoxy) is 1. The number of anilines is 2. The van der Waals surface area contributed by atoms with Gasteiger partial charge in [-0.05, 0) is 61.4 Å². The minimum atomic E-state index is 0.611. The standard InChI is InChI=1S/C24H23N5O/c1-4-11-26-22-13-18(8-7-16(22)2)27-24-20-14-19(30-3)9-10-21(20)28-23(29-24)17-6-5-12-25-15-17/h5-15H,4H2,1-3H3,(H,27,28,29). The summed E-state index contributed by atoms with van der Waals surface area (Å²) < 4.78 is 5.41. The van der Waals surface area contributed by atoms with E-state index in [2.05, 4.69) is 35.2 Å². The number of rotatable bonds is 6. The minimum absolute atomic E-state index is 0.611. The monoisotopic (exact) mass is 397 g/mol. The number of hydrogen-bond donors (Lipinski definition) is 1. The first kappa shape index (κ1) is 19.5. The Labute approximate surface area is 175 Å². The van der Waals surface area contributed by atoms with E-state index in [4.69, 9.17) is 14.7 Å². The summed E-state index contributed by atoms with van der Waals surface area (Å²) in [6.07, 6.45) is 6.30. The number of nitrogens with one attached hydrogen (secondary N) is 1. The number of aliphatic imine (C=N–C) groups is 1.